The van der Waals surface area contributed by atoms with Crippen molar-refractivity contribution in [3.63, 3.8) is 0 Å². The second-order valence-corrected chi connectivity index (χ2v) is 3.85. The van der Waals surface area contributed by atoms with Crippen molar-refractivity contribution in [3.05, 3.63) is 40.2 Å². The van der Waals surface area contributed by atoms with Crippen molar-refractivity contribution in [3.8, 4) is 5.75 Å². The number of benzene rings is 1. The Morgan fingerprint density at radius 3 is 2.89 bits per heavy atom. The smallest absolute Gasteiger partial charge is 0.303 e. The molecule has 94 valence electrons. The summed E-state index contributed by atoms with van der Waals surface area (Å²) in [5, 5.41) is 9.03. The Labute approximate surface area is 103 Å². The lowest BCUT2D eigenvalue weighted by Crippen LogP contribution is -2.10. The molecule has 0 radical (unpaired) electrons. The fourth-order valence-corrected chi connectivity index (χ4v) is 1.69. The van der Waals surface area contributed by atoms with E-state index in [0.717, 1.165) is 0 Å². The number of carboxylic acids is 1. The minimum Gasteiger partial charge on any atom is -0.497 e. The average molecular weight is 248 g/mol. The van der Waals surface area contributed by atoms with Crippen molar-refractivity contribution < 1.29 is 19.1 Å². The van der Waals surface area contributed by atoms with Crippen molar-refractivity contribution in [2.75, 3.05) is 7.11 Å². The summed E-state index contributed by atoms with van der Waals surface area (Å²) in [6.45, 7) is 0. The van der Waals surface area contributed by atoms with E-state index in [1.54, 1.807) is 18.2 Å². The van der Waals surface area contributed by atoms with Crippen LogP contribution in [0.1, 0.15) is 12.0 Å². The van der Waals surface area contributed by atoms with Crippen LogP contribution in [0.15, 0.2) is 33.7 Å². The Hall–Kier alpha value is -2.30. The summed E-state index contributed by atoms with van der Waals surface area (Å²) in [5.41, 5.74) is 0.605. The number of methoxy groups -OCH3 is 1. The molecule has 0 aliphatic rings. The van der Waals surface area contributed by atoms with Crippen LogP contribution in [0.25, 0.3) is 11.0 Å². The van der Waals surface area contributed by atoms with Crippen LogP contribution in [0.3, 0.4) is 0 Å². The van der Waals surface area contributed by atoms with E-state index in [1.165, 1.54) is 13.4 Å². The van der Waals surface area contributed by atoms with Gasteiger partial charge in [0.15, 0.2) is 5.43 Å². The summed E-state index contributed by atoms with van der Waals surface area (Å²) in [7, 11) is 1.53. The molecule has 0 bridgehead atoms. The van der Waals surface area contributed by atoms with Crippen LogP contribution in [0.2, 0.25) is 0 Å². The number of hydrogen-bond donors (Lipinski definition) is 1. The highest BCUT2D eigenvalue weighted by molar-refractivity contribution is 5.78. The van der Waals surface area contributed by atoms with Crippen LogP contribution in [-0.2, 0) is 11.2 Å². The number of fused-ring (bicyclic) bond motifs is 1. The van der Waals surface area contributed by atoms with Gasteiger partial charge >= 0.3 is 5.97 Å². The van der Waals surface area contributed by atoms with Gasteiger partial charge in [-0.2, -0.15) is 0 Å². The lowest BCUT2D eigenvalue weighted by Gasteiger charge is -2.03. The van der Waals surface area contributed by atoms with E-state index in [9.17, 15) is 9.59 Å². The zero-order valence-electron chi connectivity index (χ0n) is 9.80. The molecule has 0 aliphatic carbocycles. The van der Waals surface area contributed by atoms with Crippen molar-refractivity contribution in [2.45, 2.75) is 12.8 Å². The van der Waals surface area contributed by atoms with Gasteiger partial charge in [-0.15, -0.1) is 0 Å². The summed E-state index contributed by atoms with van der Waals surface area (Å²) >= 11 is 0. The zero-order valence-corrected chi connectivity index (χ0v) is 9.80. The monoisotopic (exact) mass is 248 g/mol. The molecule has 0 aliphatic heterocycles. The first-order valence-electron chi connectivity index (χ1n) is 5.42. The summed E-state index contributed by atoms with van der Waals surface area (Å²) in [6.07, 6.45) is 1.39. The van der Waals surface area contributed by atoms with Crippen LogP contribution in [-0.4, -0.2) is 18.2 Å². The SMILES string of the molecule is COc1ccc2c(=O)c(CCC(=O)O)coc2c1. The molecule has 2 rings (SSSR count). The van der Waals surface area contributed by atoms with Crippen LogP contribution in [0, 0.1) is 0 Å². The van der Waals surface area contributed by atoms with E-state index >= 15 is 0 Å². The average Bonchev–Trinajstić information content (AvgIpc) is 2.37. The number of aliphatic carboxylic acids is 1. The van der Waals surface area contributed by atoms with Crippen LogP contribution in [0.4, 0.5) is 0 Å². The molecule has 1 N–H and O–H groups in total. The van der Waals surface area contributed by atoms with Gasteiger partial charge < -0.3 is 14.3 Å². The normalized spacial score (nSPS) is 10.5. The quantitative estimate of drug-likeness (QED) is 0.893. The molecule has 1 heterocycles. The first-order chi connectivity index (χ1) is 8.61. The van der Waals surface area contributed by atoms with Crippen molar-refractivity contribution >= 4 is 16.9 Å². The number of aryl methyl sites for hydroxylation is 1. The number of ether oxygens (including phenoxy) is 1. The molecule has 5 heteroatoms. The number of carboxylic acid groups (broad SMARTS) is 1. The molecule has 0 amide bonds. The topological polar surface area (TPSA) is 76.7 Å². The largest absolute Gasteiger partial charge is 0.497 e. The first-order valence-corrected chi connectivity index (χ1v) is 5.42. The van der Waals surface area contributed by atoms with Crippen molar-refractivity contribution in [1.82, 2.24) is 0 Å². The van der Waals surface area contributed by atoms with E-state index in [0.29, 0.717) is 22.3 Å². The van der Waals surface area contributed by atoms with E-state index in [2.05, 4.69) is 0 Å². The number of carbonyl (C=O) groups is 1. The highest BCUT2D eigenvalue weighted by Crippen LogP contribution is 2.19. The third-order valence-corrected chi connectivity index (χ3v) is 2.66. The molecule has 1 aromatic carbocycles. The van der Waals surface area contributed by atoms with Gasteiger partial charge in [-0.25, -0.2) is 0 Å². The lowest BCUT2D eigenvalue weighted by atomic mass is 10.1. The maximum atomic E-state index is 12.0. The third kappa shape index (κ3) is 2.34. The predicted octanol–water partition coefficient (Wildman–Crippen LogP) is 1.82. The van der Waals surface area contributed by atoms with Gasteiger partial charge in [0.25, 0.3) is 0 Å². The second kappa shape index (κ2) is 4.91. The molecular formula is C13H12O5. The second-order valence-electron chi connectivity index (χ2n) is 3.85. The Bertz CT molecular complexity index is 641. The minimum absolute atomic E-state index is 0.0909. The van der Waals surface area contributed by atoms with Crippen LogP contribution in [0.5, 0.6) is 5.75 Å². The standard InChI is InChI=1S/C13H12O5/c1-17-9-3-4-10-11(6-9)18-7-8(13(10)16)2-5-12(14)15/h3-4,6-7H,2,5H2,1H3,(H,14,15). The molecule has 0 fully saturated rings. The number of rotatable bonds is 4. The molecule has 0 saturated heterocycles. The summed E-state index contributed by atoms with van der Waals surface area (Å²) in [6, 6.07) is 4.90. The Morgan fingerprint density at radius 1 is 1.44 bits per heavy atom. The van der Waals surface area contributed by atoms with Gasteiger partial charge in [0.05, 0.1) is 18.8 Å². The van der Waals surface area contributed by atoms with Gasteiger partial charge in [0.2, 0.25) is 0 Å². The summed E-state index contributed by atoms with van der Waals surface area (Å²) in [5.74, 6) is -0.340. The highest BCUT2D eigenvalue weighted by Gasteiger charge is 2.09. The Morgan fingerprint density at radius 2 is 2.22 bits per heavy atom. The van der Waals surface area contributed by atoms with Crippen molar-refractivity contribution in [2.24, 2.45) is 0 Å². The molecule has 2 aromatic rings. The van der Waals surface area contributed by atoms with Crippen molar-refractivity contribution in [1.29, 1.82) is 0 Å². The molecule has 0 atom stereocenters. The van der Waals surface area contributed by atoms with Crippen LogP contribution < -0.4 is 10.2 Å². The molecule has 1 aromatic heterocycles. The van der Waals surface area contributed by atoms with Crippen LogP contribution >= 0.6 is 0 Å². The Balaban J connectivity index is 2.44. The minimum atomic E-state index is -0.941. The van der Waals surface area contributed by atoms with E-state index in [4.69, 9.17) is 14.3 Å². The maximum Gasteiger partial charge on any atom is 0.303 e. The van der Waals surface area contributed by atoms with E-state index in [-0.39, 0.29) is 18.3 Å². The molecule has 0 saturated carbocycles. The van der Waals surface area contributed by atoms with Gasteiger partial charge in [0.1, 0.15) is 11.3 Å². The first kappa shape index (κ1) is 12.2. The van der Waals surface area contributed by atoms with Gasteiger partial charge in [-0.3, -0.25) is 9.59 Å². The van der Waals surface area contributed by atoms with E-state index < -0.39 is 5.97 Å². The maximum absolute atomic E-state index is 12.0. The Kier molecular flexibility index (Phi) is 3.32. The molecule has 0 unspecified atom stereocenters. The van der Waals surface area contributed by atoms with E-state index in [1.807, 2.05) is 0 Å². The number of hydrogen-bond acceptors (Lipinski definition) is 4. The molecule has 0 spiro atoms. The van der Waals surface area contributed by atoms with Gasteiger partial charge in [-0.05, 0) is 18.6 Å². The highest BCUT2D eigenvalue weighted by atomic mass is 16.5. The third-order valence-electron chi connectivity index (χ3n) is 2.66. The predicted molar refractivity (Wildman–Crippen MR) is 65.0 cm³/mol. The fourth-order valence-electron chi connectivity index (χ4n) is 1.69. The lowest BCUT2D eigenvalue weighted by molar-refractivity contribution is -0.136. The fraction of sp³-hybridized carbons (Fsp3) is 0.231. The summed E-state index contributed by atoms with van der Waals surface area (Å²) in [4.78, 5) is 22.5. The molecule has 18 heavy (non-hydrogen) atoms. The zero-order chi connectivity index (χ0) is 13.1. The van der Waals surface area contributed by atoms with Gasteiger partial charge in [-0.1, -0.05) is 0 Å². The summed E-state index contributed by atoms with van der Waals surface area (Å²) < 4.78 is 10.4. The molecular weight excluding hydrogens is 236 g/mol. The molecule has 5 nitrogen and oxygen atoms in total. The van der Waals surface area contributed by atoms with Gasteiger partial charge in [0, 0.05) is 18.1 Å².